The minimum Gasteiger partial charge on any atom is -0.388 e. The van der Waals surface area contributed by atoms with Crippen molar-refractivity contribution in [3.63, 3.8) is 0 Å². The maximum absolute atomic E-state index is 8.62. The van der Waals surface area contributed by atoms with Crippen LogP contribution in [-0.2, 0) is 0 Å². The van der Waals surface area contributed by atoms with Gasteiger partial charge in [-0.3, -0.25) is 4.99 Å². The van der Waals surface area contributed by atoms with E-state index >= 15 is 0 Å². The molecule has 2 N–H and O–H groups in total. The first-order chi connectivity index (χ1) is 3.30. The minimum absolute atomic E-state index is 0.348. The second kappa shape index (κ2) is 1.60. The minimum atomic E-state index is -0.722. The second-order valence-corrected chi connectivity index (χ2v) is 1.57. The molecule has 1 aliphatic heterocycles. The predicted octanol–water partition coefficient (Wildman–Crippen LogP) is -1.21. The molecule has 0 saturated carbocycles. The zero-order chi connectivity index (χ0) is 5.28. The van der Waals surface area contributed by atoms with Crippen LogP contribution in [0.1, 0.15) is 0 Å². The van der Waals surface area contributed by atoms with Crippen LogP contribution in [0.3, 0.4) is 0 Å². The Kier molecular flexibility index (Phi) is 1.08. The van der Waals surface area contributed by atoms with Crippen molar-refractivity contribution in [2.24, 2.45) is 4.99 Å². The van der Waals surface area contributed by atoms with E-state index in [0.717, 1.165) is 0 Å². The summed E-state index contributed by atoms with van der Waals surface area (Å²) in [6, 6.07) is 0. The van der Waals surface area contributed by atoms with E-state index in [-0.39, 0.29) is 0 Å². The third-order valence-electron chi connectivity index (χ3n) is 0.945. The Morgan fingerprint density at radius 3 is 2.43 bits per heavy atom. The highest BCUT2D eigenvalue weighted by Crippen LogP contribution is 1.97. The molecule has 1 rings (SSSR count). The maximum Gasteiger partial charge on any atom is 0.116 e. The Morgan fingerprint density at radius 2 is 2.29 bits per heavy atom. The average Bonchev–Trinajstić information content (AvgIpc) is 1.91. The van der Waals surface area contributed by atoms with E-state index in [1.807, 2.05) is 0 Å². The summed E-state index contributed by atoms with van der Waals surface area (Å²) >= 11 is 0. The summed E-state index contributed by atoms with van der Waals surface area (Å²) in [6.45, 7) is 0.348. The molecule has 7 heavy (non-hydrogen) atoms. The van der Waals surface area contributed by atoms with Gasteiger partial charge in [0.25, 0.3) is 0 Å². The van der Waals surface area contributed by atoms with Gasteiger partial charge in [0.15, 0.2) is 0 Å². The number of aliphatic imine (C=N–C) groups is 1. The summed E-state index contributed by atoms with van der Waals surface area (Å²) in [7, 11) is 0. The lowest BCUT2D eigenvalue weighted by Gasteiger charge is -2.00. The standard InChI is InChI=1S/C4H7NO2/c6-3-1-5-2-4(3)7/h1,3-4,6-7H,2H2/t3-,4+/m0/s1. The van der Waals surface area contributed by atoms with Crippen LogP contribution in [0.25, 0.3) is 0 Å². The average molecular weight is 101 g/mol. The Labute approximate surface area is 41.3 Å². The summed E-state index contributed by atoms with van der Waals surface area (Å²) < 4.78 is 0. The van der Waals surface area contributed by atoms with Gasteiger partial charge in [-0.25, -0.2) is 0 Å². The zero-order valence-corrected chi connectivity index (χ0v) is 3.78. The van der Waals surface area contributed by atoms with E-state index in [0.29, 0.717) is 6.54 Å². The van der Waals surface area contributed by atoms with Crippen molar-refractivity contribution in [3.05, 3.63) is 0 Å². The third kappa shape index (κ3) is 0.783. The van der Waals surface area contributed by atoms with Gasteiger partial charge < -0.3 is 10.2 Å². The lowest BCUT2D eigenvalue weighted by molar-refractivity contribution is 0.0794. The first-order valence-electron chi connectivity index (χ1n) is 2.17. The molecule has 0 amide bonds. The predicted molar refractivity (Wildman–Crippen MR) is 25.4 cm³/mol. The Hall–Kier alpha value is -0.410. The van der Waals surface area contributed by atoms with E-state index < -0.39 is 12.2 Å². The van der Waals surface area contributed by atoms with E-state index in [1.165, 1.54) is 6.21 Å². The van der Waals surface area contributed by atoms with Crippen LogP contribution >= 0.6 is 0 Å². The molecule has 0 unspecified atom stereocenters. The van der Waals surface area contributed by atoms with Gasteiger partial charge in [0.05, 0.1) is 6.54 Å². The van der Waals surface area contributed by atoms with Crippen LogP contribution in [0.15, 0.2) is 4.99 Å². The normalized spacial score (nSPS) is 39.7. The molecular formula is C4H7NO2. The van der Waals surface area contributed by atoms with E-state index in [2.05, 4.69) is 4.99 Å². The van der Waals surface area contributed by atoms with Crippen molar-refractivity contribution in [2.45, 2.75) is 12.2 Å². The van der Waals surface area contributed by atoms with Gasteiger partial charge >= 0.3 is 0 Å². The summed E-state index contributed by atoms with van der Waals surface area (Å²) in [5.74, 6) is 0. The zero-order valence-electron chi connectivity index (χ0n) is 3.78. The molecule has 0 fully saturated rings. The van der Waals surface area contributed by atoms with Crippen molar-refractivity contribution in [2.75, 3.05) is 6.54 Å². The summed E-state index contributed by atoms with van der Waals surface area (Å²) in [5, 5.41) is 17.2. The lowest BCUT2D eigenvalue weighted by atomic mass is 10.3. The monoisotopic (exact) mass is 101 g/mol. The Morgan fingerprint density at radius 1 is 1.57 bits per heavy atom. The molecule has 40 valence electrons. The molecule has 0 aromatic carbocycles. The van der Waals surface area contributed by atoms with Gasteiger partial charge in [-0.15, -0.1) is 0 Å². The molecule has 1 aliphatic rings. The molecule has 1 heterocycles. The number of nitrogens with zero attached hydrogens (tertiary/aromatic N) is 1. The van der Waals surface area contributed by atoms with Gasteiger partial charge in [-0.05, 0) is 0 Å². The molecule has 3 nitrogen and oxygen atoms in total. The molecular weight excluding hydrogens is 94.0 g/mol. The van der Waals surface area contributed by atoms with Crippen molar-refractivity contribution in [1.82, 2.24) is 0 Å². The van der Waals surface area contributed by atoms with Gasteiger partial charge in [0.2, 0.25) is 0 Å². The van der Waals surface area contributed by atoms with Crippen LogP contribution in [-0.4, -0.2) is 35.2 Å². The first kappa shape index (κ1) is 4.74. The third-order valence-corrected chi connectivity index (χ3v) is 0.945. The van der Waals surface area contributed by atoms with E-state index in [4.69, 9.17) is 10.2 Å². The van der Waals surface area contributed by atoms with Crippen molar-refractivity contribution < 1.29 is 10.2 Å². The summed E-state index contributed by atoms with van der Waals surface area (Å²) in [4.78, 5) is 3.62. The number of hydrogen-bond acceptors (Lipinski definition) is 3. The van der Waals surface area contributed by atoms with Crippen molar-refractivity contribution in [3.8, 4) is 0 Å². The number of aliphatic hydroxyl groups is 2. The maximum atomic E-state index is 8.62. The van der Waals surface area contributed by atoms with E-state index in [9.17, 15) is 0 Å². The van der Waals surface area contributed by atoms with Crippen molar-refractivity contribution in [1.29, 1.82) is 0 Å². The van der Waals surface area contributed by atoms with E-state index in [1.54, 1.807) is 0 Å². The smallest absolute Gasteiger partial charge is 0.116 e. The van der Waals surface area contributed by atoms with Gasteiger partial charge in [-0.2, -0.15) is 0 Å². The van der Waals surface area contributed by atoms with Gasteiger partial charge in [-0.1, -0.05) is 0 Å². The van der Waals surface area contributed by atoms with Crippen molar-refractivity contribution >= 4 is 6.21 Å². The SMILES string of the molecule is O[C@@H]1CN=C[C@@H]1O. The molecule has 0 bridgehead atoms. The molecule has 0 aliphatic carbocycles. The fraction of sp³-hybridized carbons (Fsp3) is 0.750. The molecule has 0 saturated heterocycles. The number of hydrogen-bond donors (Lipinski definition) is 2. The number of aliphatic hydroxyl groups excluding tert-OH is 2. The highest BCUT2D eigenvalue weighted by atomic mass is 16.3. The summed E-state index contributed by atoms with van der Waals surface area (Å²) in [6.07, 6.45) is -0.0231. The fourth-order valence-corrected chi connectivity index (χ4v) is 0.484. The highest BCUT2D eigenvalue weighted by molar-refractivity contribution is 5.65. The molecule has 0 aromatic heterocycles. The Bertz CT molecular complexity index is 91.7. The Balaban J connectivity index is 2.45. The molecule has 0 aromatic rings. The number of rotatable bonds is 0. The topological polar surface area (TPSA) is 52.8 Å². The van der Waals surface area contributed by atoms with Crippen LogP contribution in [0, 0.1) is 0 Å². The summed E-state index contributed by atoms with van der Waals surface area (Å²) in [5.41, 5.74) is 0. The van der Waals surface area contributed by atoms with Crippen LogP contribution in [0.5, 0.6) is 0 Å². The largest absolute Gasteiger partial charge is 0.388 e. The molecule has 2 atom stereocenters. The lowest BCUT2D eigenvalue weighted by Crippen LogP contribution is -2.23. The van der Waals surface area contributed by atoms with Crippen LogP contribution in [0.4, 0.5) is 0 Å². The molecule has 0 spiro atoms. The van der Waals surface area contributed by atoms with Crippen LogP contribution < -0.4 is 0 Å². The highest BCUT2D eigenvalue weighted by Gasteiger charge is 2.17. The second-order valence-electron chi connectivity index (χ2n) is 1.57. The first-order valence-corrected chi connectivity index (χ1v) is 2.17. The molecule has 3 heteroatoms. The quantitative estimate of drug-likeness (QED) is 0.402. The fourth-order valence-electron chi connectivity index (χ4n) is 0.484. The van der Waals surface area contributed by atoms with Gasteiger partial charge in [0, 0.05) is 6.21 Å². The van der Waals surface area contributed by atoms with Crippen LogP contribution in [0.2, 0.25) is 0 Å². The van der Waals surface area contributed by atoms with Gasteiger partial charge in [0.1, 0.15) is 12.2 Å². The molecule has 0 radical (unpaired) electrons.